The first-order chi connectivity index (χ1) is 4.54. The molecular formula is C5H7NO4. The number of carboxylic acid groups (broad SMARTS) is 1. The van der Waals surface area contributed by atoms with E-state index in [1.54, 1.807) is 0 Å². The summed E-state index contributed by atoms with van der Waals surface area (Å²) >= 11 is 0. The monoisotopic (exact) mass is 145 g/mol. The molecule has 1 rings (SSSR count). The molecule has 10 heavy (non-hydrogen) atoms. The van der Waals surface area contributed by atoms with Gasteiger partial charge < -0.3 is 14.7 Å². The van der Waals surface area contributed by atoms with Gasteiger partial charge >= 0.3 is 11.8 Å². The Morgan fingerprint density at radius 2 is 2.40 bits per heavy atom. The molecule has 0 saturated carbocycles. The summed E-state index contributed by atoms with van der Waals surface area (Å²) < 4.78 is 4.74. The Kier molecular flexibility index (Phi) is 1.28. The highest BCUT2D eigenvalue weighted by Gasteiger charge is 2.43. The maximum Gasteiger partial charge on any atom is 0.392 e. The van der Waals surface area contributed by atoms with Crippen LogP contribution in [0.25, 0.3) is 0 Å². The number of hydrogen-bond acceptors (Lipinski definition) is 4. The molecule has 0 amide bonds. The molecular weight excluding hydrogens is 138 g/mol. The number of ether oxygens (including phenoxy) is 1. The van der Waals surface area contributed by atoms with Crippen molar-refractivity contribution in [3.63, 3.8) is 0 Å². The third-order valence-electron chi connectivity index (χ3n) is 1.08. The molecule has 1 unspecified atom stereocenters. The fraction of sp³-hybridized carbons (Fsp3) is 0.600. The lowest BCUT2D eigenvalue weighted by Gasteiger charge is -2.14. The fourth-order valence-corrected chi connectivity index (χ4v) is 0.553. The van der Waals surface area contributed by atoms with Gasteiger partial charge in [0, 0.05) is 13.8 Å². The summed E-state index contributed by atoms with van der Waals surface area (Å²) in [5, 5.41) is 11.8. The molecule has 1 heterocycles. The number of hydrogen-bond donors (Lipinski definition) is 1. The SMILES string of the molecule is CC1=NOC(C)(C(=O)O)O1. The first kappa shape index (κ1) is 6.85. The quantitative estimate of drug-likeness (QED) is 0.571. The highest BCUT2D eigenvalue weighted by atomic mass is 16.8. The first-order valence-electron chi connectivity index (χ1n) is 2.70. The average Bonchev–Trinajstić information content (AvgIpc) is 2.13. The van der Waals surface area contributed by atoms with Crippen LogP contribution in [-0.4, -0.2) is 22.8 Å². The van der Waals surface area contributed by atoms with E-state index in [1.165, 1.54) is 13.8 Å². The average molecular weight is 145 g/mol. The van der Waals surface area contributed by atoms with Gasteiger partial charge in [0.2, 0.25) is 5.90 Å². The smallest absolute Gasteiger partial charge is 0.392 e. The van der Waals surface area contributed by atoms with E-state index in [2.05, 4.69) is 9.99 Å². The van der Waals surface area contributed by atoms with Crippen LogP contribution in [0.2, 0.25) is 0 Å². The summed E-state index contributed by atoms with van der Waals surface area (Å²) in [4.78, 5) is 14.8. The third kappa shape index (κ3) is 0.896. The van der Waals surface area contributed by atoms with E-state index in [0.717, 1.165) is 0 Å². The summed E-state index contributed by atoms with van der Waals surface area (Å²) in [6.45, 7) is 2.81. The summed E-state index contributed by atoms with van der Waals surface area (Å²) in [5.41, 5.74) is 0. The minimum Gasteiger partial charge on any atom is -0.475 e. The van der Waals surface area contributed by atoms with Crippen molar-refractivity contribution in [2.45, 2.75) is 19.6 Å². The molecule has 1 atom stereocenters. The lowest BCUT2D eigenvalue weighted by molar-refractivity contribution is -0.195. The van der Waals surface area contributed by atoms with E-state index in [4.69, 9.17) is 9.84 Å². The second-order valence-corrected chi connectivity index (χ2v) is 2.05. The molecule has 0 spiro atoms. The Balaban J connectivity index is 2.70. The van der Waals surface area contributed by atoms with Gasteiger partial charge in [-0.25, -0.2) is 4.79 Å². The molecule has 0 radical (unpaired) electrons. The minimum absolute atomic E-state index is 0.227. The second kappa shape index (κ2) is 1.86. The van der Waals surface area contributed by atoms with Crippen molar-refractivity contribution < 1.29 is 19.5 Å². The van der Waals surface area contributed by atoms with Gasteiger partial charge in [-0.3, -0.25) is 0 Å². The Hall–Kier alpha value is -1.26. The molecule has 0 saturated heterocycles. The topological polar surface area (TPSA) is 68.1 Å². The fourth-order valence-electron chi connectivity index (χ4n) is 0.553. The molecule has 0 aromatic rings. The summed E-state index contributed by atoms with van der Waals surface area (Å²) in [6, 6.07) is 0. The van der Waals surface area contributed by atoms with E-state index in [1.807, 2.05) is 0 Å². The summed E-state index contributed by atoms with van der Waals surface area (Å²) in [5.74, 6) is -2.58. The molecule has 5 nitrogen and oxygen atoms in total. The maximum atomic E-state index is 10.3. The van der Waals surface area contributed by atoms with Crippen molar-refractivity contribution in [3.05, 3.63) is 0 Å². The number of aliphatic carboxylic acids is 1. The van der Waals surface area contributed by atoms with Crippen LogP contribution in [0, 0.1) is 0 Å². The highest BCUT2D eigenvalue weighted by Crippen LogP contribution is 2.19. The van der Waals surface area contributed by atoms with Gasteiger partial charge in [-0.1, -0.05) is 0 Å². The maximum absolute atomic E-state index is 10.3. The lowest BCUT2D eigenvalue weighted by atomic mass is 10.3. The van der Waals surface area contributed by atoms with Crippen LogP contribution in [0.3, 0.4) is 0 Å². The van der Waals surface area contributed by atoms with Gasteiger partial charge in [0.05, 0.1) is 0 Å². The van der Waals surface area contributed by atoms with Gasteiger partial charge in [-0.05, 0) is 5.16 Å². The van der Waals surface area contributed by atoms with Crippen LogP contribution >= 0.6 is 0 Å². The second-order valence-electron chi connectivity index (χ2n) is 2.05. The minimum atomic E-state index is -1.62. The standard InChI is InChI=1S/C5H7NO4/c1-3-6-10-5(2,9-3)4(7)8/h1-2H3,(H,7,8). The molecule has 1 aliphatic rings. The van der Waals surface area contributed by atoms with Gasteiger partial charge in [0.15, 0.2) is 0 Å². The van der Waals surface area contributed by atoms with Crippen molar-refractivity contribution in [2.75, 3.05) is 0 Å². The Morgan fingerprint density at radius 3 is 2.60 bits per heavy atom. The summed E-state index contributed by atoms with van der Waals surface area (Å²) in [7, 11) is 0. The lowest BCUT2D eigenvalue weighted by Crippen LogP contribution is -2.37. The molecule has 1 aliphatic heterocycles. The highest BCUT2D eigenvalue weighted by molar-refractivity contribution is 5.82. The van der Waals surface area contributed by atoms with Crippen LogP contribution in [0.15, 0.2) is 5.16 Å². The zero-order chi connectivity index (χ0) is 7.78. The largest absolute Gasteiger partial charge is 0.475 e. The van der Waals surface area contributed by atoms with Gasteiger partial charge in [-0.2, -0.15) is 0 Å². The Labute approximate surface area is 57.2 Å². The molecule has 56 valence electrons. The van der Waals surface area contributed by atoms with Crippen molar-refractivity contribution >= 4 is 11.9 Å². The van der Waals surface area contributed by atoms with E-state index in [9.17, 15) is 4.79 Å². The molecule has 0 aliphatic carbocycles. The molecule has 1 N–H and O–H groups in total. The molecule has 5 heteroatoms. The number of carbonyl (C=O) groups is 1. The number of rotatable bonds is 1. The van der Waals surface area contributed by atoms with E-state index in [0.29, 0.717) is 0 Å². The number of oxime groups is 1. The third-order valence-corrected chi connectivity index (χ3v) is 1.08. The van der Waals surface area contributed by atoms with Crippen LogP contribution in [0.4, 0.5) is 0 Å². The van der Waals surface area contributed by atoms with Gasteiger partial charge in [0.25, 0.3) is 0 Å². The molecule has 0 aromatic heterocycles. The van der Waals surface area contributed by atoms with Crippen LogP contribution < -0.4 is 0 Å². The molecule has 0 fully saturated rings. The van der Waals surface area contributed by atoms with Crippen molar-refractivity contribution in [1.29, 1.82) is 0 Å². The zero-order valence-corrected chi connectivity index (χ0v) is 5.62. The van der Waals surface area contributed by atoms with Gasteiger partial charge in [0.1, 0.15) is 0 Å². The van der Waals surface area contributed by atoms with Crippen molar-refractivity contribution in [1.82, 2.24) is 0 Å². The Bertz CT molecular complexity index is 200. The first-order valence-corrected chi connectivity index (χ1v) is 2.70. The predicted molar refractivity (Wildman–Crippen MR) is 31.3 cm³/mol. The van der Waals surface area contributed by atoms with Crippen LogP contribution in [0.5, 0.6) is 0 Å². The normalized spacial score (nSPS) is 30.4. The van der Waals surface area contributed by atoms with E-state index < -0.39 is 11.8 Å². The zero-order valence-electron chi connectivity index (χ0n) is 5.62. The van der Waals surface area contributed by atoms with Gasteiger partial charge in [-0.15, -0.1) is 0 Å². The summed E-state index contributed by atoms with van der Waals surface area (Å²) in [6.07, 6.45) is 0. The Morgan fingerprint density at radius 1 is 1.80 bits per heavy atom. The predicted octanol–water partition coefficient (Wildman–Crippen LogP) is 0.167. The van der Waals surface area contributed by atoms with Crippen molar-refractivity contribution in [2.24, 2.45) is 5.16 Å². The van der Waals surface area contributed by atoms with Crippen LogP contribution in [-0.2, 0) is 14.4 Å². The van der Waals surface area contributed by atoms with Crippen LogP contribution in [0.1, 0.15) is 13.8 Å². The molecule has 0 bridgehead atoms. The molecule has 0 aromatic carbocycles. The van der Waals surface area contributed by atoms with Crippen molar-refractivity contribution in [3.8, 4) is 0 Å². The number of carboxylic acids is 1. The van der Waals surface area contributed by atoms with E-state index >= 15 is 0 Å². The number of nitrogens with zero attached hydrogens (tertiary/aromatic N) is 1. The van der Waals surface area contributed by atoms with E-state index in [-0.39, 0.29) is 5.90 Å².